The lowest BCUT2D eigenvalue weighted by molar-refractivity contribution is -0.115. The second-order valence-corrected chi connectivity index (χ2v) is 8.63. The lowest BCUT2D eigenvalue weighted by Gasteiger charge is -2.10. The van der Waals surface area contributed by atoms with Gasteiger partial charge in [0.15, 0.2) is 9.84 Å². The number of carbonyl (C=O) groups is 1. The number of nitrogens with zero attached hydrogens (tertiary/aromatic N) is 2. The van der Waals surface area contributed by atoms with E-state index in [4.69, 9.17) is 11.6 Å². The minimum atomic E-state index is -3.62. The number of anilines is 1. The molecule has 1 N–H and O–H groups in total. The molecule has 2 aromatic carbocycles. The molecule has 6 nitrogen and oxygen atoms in total. The molecule has 0 spiro atoms. The second-order valence-electron chi connectivity index (χ2n) is 6.08. The number of hydrogen-bond donors (Lipinski definition) is 1. The van der Waals surface area contributed by atoms with Crippen molar-refractivity contribution in [3.8, 4) is 5.69 Å². The zero-order valence-electron chi connectivity index (χ0n) is 14.9. The third-order valence-electron chi connectivity index (χ3n) is 4.09. The van der Waals surface area contributed by atoms with Crippen molar-refractivity contribution in [2.24, 2.45) is 0 Å². The highest BCUT2D eigenvalue weighted by Crippen LogP contribution is 2.20. The molecule has 0 bridgehead atoms. The van der Waals surface area contributed by atoms with Crippen LogP contribution in [0.1, 0.15) is 12.2 Å². The first-order chi connectivity index (χ1) is 13.3. The molecule has 9 heteroatoms. The standard InChI is InChI=1S/C19H17ClFN3O3S/c1-13-22-9-10-24(13)18-7-4-15(12-17(18)21)23-19(25)8-11-28(26,27)16-5-2-14(20)3-6-16/h2-7,9-10,12H,8,11H2,1H3,(H,23,25). The van der Waals surface area contributed by atoms with Crippen molar-refractivity contribution in [2.75, 3.05) is 11.1 Å². The fourth-order valence-corrected chi connectivity index (χ4v) is 3.99. The molecule has 0 aliphatic carbocycles. The summed E-state index contributed by atoms with van der Waals surface area (Å²) in [6.45, 7) is 1.75. The zero-order valence-corrected chi connectivity index (χ0v) is 16.5. The Labute approximate surface area is 166 Å². The van der Waals surface area contributed by atoms with E-state index in [0.717, 1.165) is 0 Å². The summed E-state index contributed by atoms with van der Waals surface area (Å²) in [6.07, 6.45) is 2.94. The lowest BCUT2D eigenvalue weighted by Crippen LogP contribution is -2.17. The Morgan fingerprint density at radius 3 is 2.54 bits per heavy atom. The summed E-state index contributed by atoms with van der Waals surface area (Å²) >= 11 is 5.75. The molecule has 1 amide bonds. The molecule has 0 aliphatic rings. The van der Waals surface area contributed by atoms with E-state index < -0.39 is 21.6 Å². The van der Waals surface area contributed by atoms with Crippen LogP contribution in [0.5, 0.6) is 0 Å². The summed E-state index contributed by atoms with van der Waals surface area (Å²) in [4.78, 5) is 16.2. The summed E-state index contributed by atoms with van der Waals surface area (Å²) in [5.41, 5.74) is 0.547. The van der Waals surface area contributed by atoms with E-state index in [9.17, 15) is 17.6 Å². The van der Waals surface area contributed by atoms with Crippen LogP contribution in [0.25, 0.3) is 5.69 Å². The second kappa shape index (κ2) is 8.12. The number of imidazole rings is 1. The lowest BCUT2D eigenvalue weighted by atomic mass is 10.2. The molecule has 0 saturated heterocycles. The average Bonchev–Trinajstić information content (AvgIpc) is 3.06. The maximum Gasteiger partial charge on any atom is 0.225 e. The summed E-state index contributed by atoms with van der Waals surface area (Å²) in [5, 5.41) is 2.94. The molecule has 0 fully saturated rings. The van der Waals surface area contributed by atoms with Gasteiger partial charge < -0.3 is 9.88 Å². The van der Waals surface area contributed by atoms with Gasteiger partial charge in [0.05, 0.1) is 16.3 Å². The van der Waals surface area contributed by atoms with Crippen molar-refractivity contribution in [3.05, 3.63) is 71.5 Å². The van der Waals surface area contributed by atoms with Gasteiger partial charge in [-0.05, 0) is 49.4 Å². The van der Waals surface area contributed by atoms with E-state index in [1.54, 1.807) is 30.0 Å². The first-order valence-electron chi connectivity index (χ1n) is 8.34. The van der Waals surface area contributed by atoms with E-state index in [0.29, 0.717) is 16.5 Å². The Hall–Kier alpha value is -2.71. The average molecular weight is 422 g/mol. The predicted octanol–water partition coefficient (Wildman–Crippen LogP) is 3.78. The molecule has 0 aliphatic heterocycles. The molecule has 0 saturated carbocycles. The first kappa shape index (κ1) is 20.0. The number of nitrogens with one attached hydrogen (secondary N) is 1. The molecular formula is C19H17ClFN3O3S. The summed E-state index contributed by atoms with van der Waals surface area (Å²) in [5.74, 6) is -0.797. The molecule has 3 aromatic rings. The Morgan fingerprint density at radius 2 is 1.93 bits per heavy atom. The van der Waals surface area contributed by atoms with Gasteiger partial charge in [0.2, 0.25) is 5.91 Å². The molecule has 3 rings (SSSR count). The first-order valence-corrected chi connectivity index (χ1v) is 10.4. The molecule has 1 aromatic heterocycles. The van der Waals surface area contributed by atoms with Gasteiger partial charge in [-0.1, -0.05) is 11.6 Å². The predicted molar refractivity (Wildman–Crippen MR) is 105 cm³/mol. The monoisotopic (exact) mass is 421 g/mol. The number of hydrogen-bond acceptors (Lipinski definition) is 4. The normalized spacial score (nSPS) is 11.4. The zero-order chi connectivity index (χ0) is 20.3. The van der Waals surface area contributed by atoms with Crippen LogP contribution >= 0.6 is 11.6 Å². The quantitative estimate of drug-likeness (QED) is 0.656. The van der Waals surface area contributed by atoms with Crippen molar-refractivity contribution in [3.63, 3.8) is 0 Å². The number of carbonyl (C=O) groups excluding carboxylic acids is 1. The van der Waals surface area contributed by atoms with E-state index >= 15 is 0 Å². The molecule has 28 heavy (non-hydrogen) atoms. The van der Waals surface area contributed by atoms with E-state index in [1.165, 1.54) is 36.4 Å². The van der Waals surface area contributed by atoms with Crippen LogP contribution in [0, 0.1) is 12.7 Å². The maximum atomic E-state index is 14.4. The van der Waals surface area contributed by atoms with Gasteiger partial charge in [0, 0.05) is 29.5 Å². The van der Waals surface area contributed by atoms with Crippen LogP contribution in [-0.2, 0) is 14.6 Å². The Bertz CT molecular complexity index is 1110. The van der Waals surface area contributed by atoms with Crippen LogP contribution in [0.15, 0.2) is 59.8 Å². The third kappa shape index (κ3) is 4.58. The number of halogens is 2. The molecule has 1 heterocycles. The number of amides is 1. The van der Waals surface area contributed by atoms with Gasteiger partial charge in [0.25, 0.3) is 0 Å². The van der Waals surface area contributed by atoms with Crippen LogP contribution in [0.4, 0.5) is 10.1 Å². The van der Waals surface area contributed by atoms with E-state index in [1.807, 2.05) is 0 Å². The van der Waals surface area contributed by atoms with Crippen LogP contribution in [0.2, 0.25) is 5.02 Å². The maximum absolute atomic E-state index is 14.4. The summed E-state index contributed by atoms with van der Waals surface area (Å²) < 4.78 is 40.5. The minimum Gasteiger partial charge on any atom is -0.326 e. The largest absolute Gasteiger partial charge is 0.326 e. The number of aryl methyl sites for hydroxylation is 1. The van der Waals surface area contributed by atoms with E-state index in [2.05, 4.69) is 10.3 Å². The minimum absolute atomic E-state index is 0.0933. The van der Waals surface area contributed by atoms with Gasteiger partial charge >= 0.3 is 0 Å². The number of sulfone groups is 1. The summed E-state index contributed by atoms with van der Waals surface area (Å²) in [6, 6.07) is 9.97. The molecule has 0 radical (unpaired) electrons. The SMILES string of the molecule is Cc1nccn1-c1ccc(NC(=O)CCS(=O)(=O)c2ccc(Cl)cc2)cc1F. The van der Waals surface area contributed by atoms with Crippen molar-refractivity contribution >= 4 is 33.0 Å². The van der Waals surface area contributed by atoms with E-state index in [-0.39, 0.29) is 22.8 Å². The Morgan fingerprint density at radius 1 is 1.21 bits per heavy atom. The van der Waals surface area contributed by atoms with Gasteiger partial charge in [-0.15, -0.1) is 0 Å². The molecular weight excluding hydrogens is 405 g/mol. The summed E-state index contributed by atoms with van der Waals surface area (Å²) in [7, 11) is -3.62. The van der Waals surface area contributed by atoms with Crippen molar-refractivity contribution in [1.82, 2.24) is 9.55 Å². The number of aromatic nitrogens is 2. The Kier molecular flexibility index (Phi) is 5.81. The highest BCUT2D eigenvalue weighted by molar-refractivity contribution is 7.91. The van der Waals surface area contributed by atoms with Crippen LogP contribution in [-0.4, -0.2) is 29.6 Å². The molecule has 0 atom stereocenters. The van der Waals surface area contributed by atoms with Gasteiger partial charge in [0.1, 0.15) is 11.6 Å². The number of benzene rings is 2. The molecule has 0 unspecified atom stereocenters. The highest BCUT2D eigenvalue weighted by Gasteiger charge is 2.17. The fourth-order valence-electron chi connectivity index (χ4n) is 2.62. The van der Waals surface area contributed by atoms with Crippen LogP contribution < -0.4 is 5.32 Å². The van der Waals surface area contributed by atoms with Crippen molar-refractivity contribution < 1.29 is 17.6 Å². The van der Waals surface area contributed by atoms with Gasteiger partial charge in [-0.25, -0.2) is 17.8 Å². The van der Waals surface area contributed by atoms with Crippen LogP contribution in [0.3, 0.4) is 0 Å². The Balaban J connectivity index is 1.64. The molecule has 146 valence electrons. The van der Waals surface area contributed by atoms with Gasteiger partial charge in [-0.2, -0.15) is 0 Å². The van der Waals surface area contributed by atoms with Crippen molar-refractivity contribution in [2.45, 2.75) is 18.2 Å². The highest BCUT2D eigenvalue weighted by atomic mass is 35.5. The smallest absolute Gasteiger partial charge is 0.225 e. The third-order valence-corrected chi connectivity index (χ3v) is 6.07. The fraction of sp³-hybridized carbons (Fsp3) is 0.158. The number of rotatable bonds is 6. The van der Waals surface area contributed by atoms with Crippen molar-refractivity contribution in [1.29, 1.82) is 0 Å². The topological polar surface area (TPSA) is 81.1 Å². The van der Waals surface area contributed by atoms with Gasteiger partial charge in [-0.3, -0.25) is 4.79 Å².